The van der Waals surface area contributed by atoms with Crippen molar-refractivity contribution in [1.82, 2.24) is 10.6 Å². The Bertz CT molecular complexity index is 191. The van der Waals surface area contributed by atoms with Crippen molar-refractivity contribution in [1.29, 1.82) is 0 Å². The van der Waals surface area contributed by atoms with E-state index in [-0.39, 0.29) is 11.4 Å². The van der Waals surface area contributed by atoms with Crippen LogP contribution in [-0.4, -0.2) is 24.5 Å². The fourth-order valence-corrected chi connectivity index (χ4v) is 1.57. The molecule has 0 aromatic heterocycles. The summed E-state index contributed by atoms with van der Waals surface area (Å²) in [4.78, 5) is 11.6. The maximum absolute atomic E-state index is 11.6. The predicted molar refractivity (Wildman–Crippen MR) is 53.5 cm³/mol. The Morgan fingerprint density at radius 1 is 1.46 bits per heavy atom. The van der Waals surface area contributed by atoms with Crippen molar-refractivity contribution in [3.8, 4) is 0 Å². The Kier molecular flexibility index (Phi) is 3.31. The van der Waals surface area contributed by atoms with Gasteiger partial charge >= 0.3 is 0 Å². The third-order valence-electron chi connectivity index (χ3n) is 2.65. The molecule has 76 valence electrons. The summed E-state index contributed by atoms with van der Waals surface area (Å²) in [6.07, 6.45) is 2.02. The van der Waals surface area contributed by atoms with E-state index in [1.165, 1.54) is 0 Å². The van der Waals surface area contributed by atoms with Crippen molar-refractivity contribution >= 4 is 5.91 Å². The molecule has 1 fully saturated rings. The molecular weight excluding hydrogens is 164 g/mol. The maximum Gasteiger partial charge on any atom is 0.240 e. The minimum absolute atomic E-state index is 0.152. The smallest absolute Gasteiger partial charge is 0.240 e. The van der Waals surface area contributed by atoms with Crippen LogP contribution >= 0.6 is 0 Å². The zero-order chi connectivity index (χ0) is 9.90. The van der Waals surface area contributed by atoms with E-state index >= 15 is 0 Å². The van der Waals surface area contributed by atoms with Gasteiger partial charge in [0, 0.05) is 13.1 Å². The summed E-state index contributed by atoms with van der Waals surface area (Å²) >= 11 is 0. The molecule has 2 N–H and O–H groups in total. The number of hydrogen-bond donors (Lipinski definition) is 2. The number of nitrogens with one attached hydrogen (secondary N) is 2. The molecule has 3 nitrogen and oxygen atoms in total. The lowest BCUT2D eigenvalue weighted by molar-refractivity contribution is -0.129. The Morgan fingerprint density at radius 3 is 2.69 bits per heavy atom. The summed E-state index contributed by atoms with van der Waals surface area (Å²) in [5.41, 5.74) is -0.331. The van der Waals surface area contributed by atoms with Gasteiger partial charge in [-0.05, 0) is 25.7 Å². The van der Waals surface area contributed by atoms with Gasteiger partial charge in [0.25, 0.3) is 0 Å². The second-order valence-corrected chi connectivity index (χ2v) is 4.45. The van der Waals surface area contributed by atoms with Gasteiger partial charge in [0.2, 0.25) is 5.91 Å². The summed E-state index contributed by atoms with van der Waals surface area (Å²) in [6, 6.07) is 0. The summed E-state index contributed by atoms with van der Waals surface area (Å²) in [6.45, 7) is 8.01. The minimum Gasteiger partial charge on any atom is -0.353 e. The van der Waals surface area contributed by atoms with Crippen LogP contribution in [0.3, 0.4) is 0 Å². The third-order valence-corrected chi connectivity index (χ3v) is 2.65. The van der Waals surface area contributed by atoms with E-state index < -0.39 is 0 Å². The van der Waals surface area contributed by atoms with E-state index in [9.17, 15) is 4.79 Å². The second-order valence-electron chi connectivity index (χ2n) is 4.45. The Hall–Kier alpha value is -0.570. The fraction of sp³-hybridized carbons (Fsp3) is 0.900. The van der Waals surface area contributed by atoms with E-state index in [1.54, 1.807) is 0 Å². The SMILES string of the molecule is CC(C)CCC1(C)NCCNC1=O. The van der Waals surface area contributed by atoms with Gasteiger partial charge in [-0.3, -0.25) is 4.79 Å². The van der Waals surface area contributed by atoms with Gasteiger partial charge in [-0.15, -0.1) is 0 Å². The highest BCUT2D eigenvalue weighted by molar-refractivity contribution is 5.86. The number of carbonyl (C=O) groups is 1. The molecular formula is C10H20N2O. The molecule has 3 heteroatoms. The summed E-state index contributed by atoms with van der Waals surface area (Å²) < 4.78 is 0. The van der Waals surface area contributed by atoms with Crippen molar-refractivity contribution in [3.05, 3.63) is 0 Å². The topological polar surface area (TPSA) is 41.1 Å². The van der Waals surface area contributed by atoms with E-state index in [4.69, 9.17) is 0 Å². The third kappa shape index (κ3) is 2.69. The van der Waals surface area contributed by atoms with Gasteiger partial charge in [-0.1, -0.05) is 13.8 Å². The summed E-state index contributed by atoms with van der Waals surface area (Å²) in [7, 11) is 0. The average molecular weight is 184 g/mol. The van der Waals surface area contributed by atoms with Crippen LogP contribution in [-0.2, 0) is 4.79 Å². The molecule has 1 amide bonds. The van der Waals surface area contributed by atoms with Gasteiger partial charge in [-0.2, -0.15) is 0 Å². The molecule has 1 unspecified atom stereocenters. The van der Waals surface area contributed by atoms with Crippen LogP contribution < -0.4 is 10.6 Å². The molecule has 1 heterocycles. The van der Waals surface area contributed by atoms with Crippen LogP contribution in [0.4, 0.5) is 0 Å². The first-order valence-corrected chi connectivity index (χ1v) is 5.08. The molecule has 0 aliphatic carbocycles. The number of piperazine rings is 1. The number of hydrogen-bond acceptors (Lipinski definition) is 2. The maximum atomic E-state index is 11.6. The Morgan fingerprint density at radius 2 is 2.15 bits per heavy atom. The second kappa shape index (κ2) is 4.09. The highest BCUT2D eigenvalue weighted by atomic mass is 16.2. The number of rotatable bonds is 3. The monoisotopic (exact) mass is 184 g/mol. The van der Waals surface area contributed by atoms with Crippen LogP contribution in [0.1, 0.15) is 33.6 Å². The molecule has 0 aromatic rings. The van der Waals surface area contributed by atoms with Gasteiger partial charge in [0.1, 0.15) is 0 Å². The lowest BCUT2D eigenvalue weighted by Crippen LogP contribution is -2.61. The lowest BCUT2D eigenvalue weighted by atomic mass is 9.90. The van der Waals surface area contributed by atoms with E-state index in [2.05, 4.69) is 24.5 Å². The van der Waals surface area contributed by atoms with Crippen molar-refractivity contribution in [2.24, 2.45) is 5.92 Å². The molecule has 1 aliphatic rings. The average Bonchev–Trinajstić information content (AvgIpc) is 2.07. The summed E-state index contributed by atoms with van der Waals surface area (Å²) in [5, 5.41) is 6.18. The van der Waals surface area contributed by atoms with Gasteiger partial charge in [0.15, 0.2) is 0 Å². The highest BCUT2D eigenvalue weighted by Gasteiger charge is 2.34. The molecule has 0 saturated carbocycles. The molecule has 1 atom stereocenters. The van der Waals surface area contributed by atoms with E-state index in [0.29, 0.717) is 5.92 Å². The van der Waals surface area contributed by atoms with E-state index in [1.807, 2.05) is 6.92 Å². The van der Waals surface area contributed by atoms with Crippen LogP contribution in [0, 0.1) is 5.92 Å². The first kappa shape index (κ1) is 10.5. The molecule has 1 saturated heterocycles. The summed E-state index contributed by atoms with van der Waals surface area (Å²) in [5.74, 6) is 0.813. The first-order chi connectivity index (χ1) is 6.04. The minimum atomic E-state index is -0.331. The van der Waals surface area contributed by atoms with Crippen molar-refractivity contribution < 1.29 is 4.79 Å². The Labute approximate surface area is 80.3 Å². The van der Waals surface area contributed by atoms with Crippen molar-refractivity contribution in [2.75, 3.05) is 13.1 Å². The van der Waals surface area contributed by atoms with Gasteiger partial charge in [0.05, 0.1) is 5.54 Å². The fourth-order valence-electron chi connectivity index (χ4n) is 1.57. The molecule has 1 aliphatic heterocycles. The first-order valence-electron chi connectivity index (χ1n) is 5.08. The normalized spacial score (nSPS) is 29.1. The molecule has 0 aromatic carbocycles. The van der Waals surface area contributed by atoms with Crippen LogP contribution in [0.25, 0.3) is 0 Å². The molecule has 1 rings (SSSR count). The Balaban J connectivity index is 2.47. The molecule has 0 bridgehead atoms. The molecule has 0 radical (unpaired) electrons. The zero-order valence-electron chi connectivity index (χ0n) is 8.81. The molecule has 0 spiro atoms. The van der Waals surface area contributed by atoms with Crippen molar-refractivity contribution in [2.45, 2.75) is 39.2 Å². The highest BCUT2D eigenvalue weighted by Crippen LogP contribution is 2.17. The predicted octanol–water partition coefficient (Wildman–Crippen LogP) is 0.901. The standard InChI is InChI=1S/C10H20N2O/c1-8(2)4-5-10(3)9(13)11-6-7-12-10/h8,12H,4-7H2,1-3H3,(H,11,13). The van der Waals surface area contributed by atoms with Gasteiger partial charge in [-0.25, -0.2) is 0 Å². The number of carbonyl (C=O) groups excluding carboxylic acids is 1. The van der Waals surface area contributed by atoms with Crippen LogP contribution in [0.2, 0.25) is 0 Å². The number of amides is 1. The lowest BCUT2D eigenvalue weighted by Gasteiger charge is -2.34. The van der Waals surface area contributed by atoms with Crippen LogP contribution in [0.5, 0.6) is 0 Å². The van der Waals surface area contributed by atoms with Crippen LogP contribution in [0.15, 0.2) is 0 Å². The van der Waals surface area contributed by atoms with Gasteiger partial charge < -0.3 is 10.6 Å². The molecule has 13 heavy (non-hydrogen) atoms. The van der Waals surface area contributed by atoms with Crippen molar-refractivity contribution in [3.63, 3.8) is 0 Å². The zero-order valence-corrected chi connectivity index (χ0v) is 8.81. The quantitative estimate of drug-likeness (QED) is 0.684. The van der Waals surface area contributed by atoms with E-state index in [0.717, 1.165) is 25.9 Å². The largest absolute Gasteiger partial charge is 0.353 e.